The number of anilines is 2. The largest absolute Gasteiger partial charge is 0.506 e. The first-order valence-electron chi connectivity index (χ1n) is 11.7. The molecule has 1 aliphatic heterocycles. The summed E-state index contributed by atoms with van der Waals surface area (Å²) in [6, 6.07) is 8.07. The minimum Gasteiger partial charge on any atom is -0.506 e. The lowest BCUT2D eigenvalue weighted by atomic mass is 10.1. The van der Waals surface area contributed by atoms with Crippen LogP contribution in [-0.2, 0) is 9.53 Å². The van der Waals surface area contributed by atoms with Gasteiger partial charge in [0.15, 0.2) is 11.5 Å². The number of piperidine rings is 1. The van der Waals surface area contributed by atoms with Crippen LogP contribution in [0.15, 0.2) is 30.3 Å². The van der Waals surface area contributed by atoms with Crippen molar-refractivity contribution in [3.63, 3.8) is 0 Å². The number of carbonyl (C=O) groups excluding carboxylic acids is 1. The fraction of sp³-hybridized carbons (Fsp3) is 0.400. The molecule has 0 amide bonds. The first kappa shape index (κ1) is 25.7. The van der Waals surface area contributed by atoms with Crippen LogP contribution in [0.2, 0.25) is 5.15 Å². The van der Waals surface area contributed by atoms with Crippen molar-refractivity contribution < 1.29 is 28.5 Å². The molecule has 2 heterocycles. The van der Waals surface area contributed by atoms with Gasteiger partial charge in [-0.1, -0.05) is 30.2 Å². The maximum atomic E-state index is 14.1. The van der Waals surface area contributed by atoms with Crippen LogP contribution >= 0.6 is 11.6 Å². The summed E-state index contributed by atoms with van der Waals surface area (Å²) in [5.41, 5.74) is 0.815. The average molecular weight is 519 g/mol. The van der Waals surface area contributed by atoms with E-state index in [1.807, 2.05) is 0 Å². The number of nitrogens with one attached hydrogen (secondary N) is 1. The fourth-order valence-corrected chi connectivity index (χ4v) is 4.56. The van der Waals surface area contributed by atoms with Gasteiger partial charge in [0.05, 0.1) is 29.4 Å². The number of para-hydroxylation sites is 2. The molecule has 1 fully saturated rings. The predicted molar refractivity (Wildman–Crippen MR) is 134 cm³/mol. The number of likely N-dealkylation sites (tertiary alicyclic amines) is 1. The number of carbonyl (C=O) groups is 1. The number of benzene rings is 2. The highest BCUT2D eigenvalue weighted by molar-refractivity contribution is 6.35. The van der Waals surface area contributed by atoms with E-state index in [1.165, 1.54) is 32.6 Å². The summed E-state index contributed by atoms with van der Waals surface area (Å²) in [6.07, 6.45) is 1.85. The van der Waals surface area contributed by atoms with Gasteiger partial charge >= 0.3 is 12.0 Å². The predicted octanol–water partition coefficient (Wildman–Crippen LogP) is 4.68. The number of fused-ring (bicyclic) bond motifs is 1. The smallest absolute Gasteiger partial charge is 0.310 e. The summed E-state index contributed by atoms with van der Waals surface area (Å²) in [4.78, 5) is 21.5. The van der Waals surface area contributed by atoms with Gasteiger partial charge in [0.25, 0.3) is 0 Å². The molecule has 3 aromatic rings. The molecule has 36 heavy (non-hydrogen) atoms. The van der Waals surface area contributed by atoms with Gasteiger partial charge in [0.2, 0.25) is 0 Å². The van der Waals surface area contributed by atoms with Crippen molar-refractivity contribution >= 4 is 39.8 Å². The van der Waals surface area contributed by atoms with Crippen molar-refractivity contribution in [2.45, 2.75) is 32.3 Å². The third kappa shape index (κ3) is 6.06. The van der Waals surface area contributed by atoms with Gasteiger partial charge < -0.3 is 24.6 Å². The first-order chi connectivity index (χ1) is 17.4. The zero-order valence-electron chi connectivity index (χ0n) is 20.1. The molecule has 192 valence electrons. The number of halogens is 2. The minimum absolute atomic E-state index is 0.0189. The van der Waals surface area contributed by atoms with Crippen LogP contribution in [0.3, 0.4) is 0 Å². The lowest BCUT2D eigenvalue weighted by molar-refractivity contribution is -0.149. The van der Waals surface area contributed by atoms with Crippen LogP contribution in [0.1, 0.15) is 26.2 Å². The van der Waals surface area contributed by atoms with E-state index in [4.69, 9.17) is 25.8 Å². The van der Waals surface area contributed by atoms with Crippen LogP contribution in [0.25, 0.3) is 10.9 Å². The van der Waals surface area contributed by atoms with E-state index in [2.05, 4.69) is 20.2 Å². The highest BCUT2D eigenvalue weighted by atomic mass is 35.5. The normalized spacial score (nSPS) is 14.9. The number of aromatic hydroxyl groups is 1. The van der Waals surface area contributed by atoms with Gasteiger partial charge in [0.1, 0.15) is 23.6 Å². The summed E-state index contributed by atoms with van der Waals surface area (Å²) in [7, 11) is 1.44. The monoisotopic (exact) mass is 518 g/mol. The van der Waals surface area contributed by atoms with E-state index < -0.39 is 18.2 Å². The topological polar surface area (TPSA) is 106 Å². The zero-order chi connectivity index (χ0) is 25.7. The number of rotatable bonds is 9. The number of nitrogens with zero attached hydrogens (tertiary/aromatic N) is 3. The van der Waals surface area contributed by atoms with E-state index in [0.29, 0.717) is 12.2 Å². The maximum absolute atomic E-state index is 14.1. The summed E-state index contributed by atoms with van der Waals surface area (Å²) in [5, 5.41) is 13.5. The van der Waals surface area contributed by atoms with Gasteiger partial charge in [-0.15, -0.1) is 0 Å². The number of hydrogen-bond acceptors (Lipinski definition) is 9. The lowest BCUT2D eigenvalue weighted by Gasteiger charge is -2.30. The molecule has 0 radical (unpaired) electrons. The second kappa shape index (κ2) is 11.6. The third-order valence-electron chi connectivity index (χ3n) is 5.87. The molecule has 9 nitrogen and oxygen atoms in total. The second-order valence-electron chi connectivity index (χ2n) is 8.51. The molecule has 2 aromatic carbocycles. The molecule has 1 saturated heterocycles. The van der Waals surface area contributed by atoms with E-state index in [0.717, 1.165) is 25.9 Å². The van der Waals surface area contributed by atoms with Gasteiger partial charge in [-0.3, -0.25) is 9.69 Å². The number of hydrogen-bond donors (Lipinski definition) is 2. The number of methoxy groups -OCH3 is 1. The third-order valence-corrected chi connectivity index (χ3v) is 6.14. The maximum Gasteiger partial charge on any atom is 0.310 e. The Kier molecular flexibility index (Phi) is 8.27. The highest BCUT2D eigenvalue weighted by Crippen LogP contribution is 2.45. The van der Waals surface area contributed by atoms with Crippen molar-refractivity contribution in [3.8, 4) is 17.2 Å². The zero-order valence-corrected chi connectivity index (χ0v) is 20.8. The highest BCUT2D eigenvalue weighted by Gasteiger charge is 2.24. The molecular weight excluding hydrogens is 491 g/mol. The number of esters is 1. The molecule has 2 N–H and O–H groups in total. The standard InChI is InChI=1S/C25H28ClFN4O5/c1-15(32)36-16(13-31-10-6-3-7-11-31)14-35-20-12-18-21(24(26)30-25(27)29-18)22(23(20)34-2)28-17-8-4-5-9-19(17)33/h4-5,8-9,12,16,28,33H,3,6-7,10-11,13-14H2,1-2H3. The Morgan fingerprint density at radius 3 is 2.69 bits per heavy atom. The van der Waals surface area contributed by atoms with Crippen molar-refractivity contribution in [1.82, 2.24) is 14.9 Å². The number of aromatic nitrogens is 2. The van der Waals surface area contributed by atoms with Crippen LogP contribution in [0.5, 0.6) is 17.2 Å². The average Bonchev–Trinajstić information content (AvgIpc) is 2.83. The van der Waals surface area contributed by atoms with Crippen LogP contribution in [-0.4, -0.2) is 65.4 Å². The number of ether oxygens (including phenoxy) is 3. The molecule has 0 saturated carbocycles. The molecule has 0 aliphatic carbocycles. The Morgan fingerprint density at radius 1 is 1.25 bits per heavy atom. The summed E-state index contributed by atoms with van der Waals surface area (Å²) < 4.78 is 31.3. The van der Waals surface area contributed by atoms with Gasteiger partial charge in [-0.25, -0.2) is 4.98 Å². The number of phenols is 1. The summed E-state index contributed by atoms with van der Waals surface area (Å²) >= 11 is 6.30. The van der Waals surface area contributed by atoms with Crippen molar-refractivity contribution in [2.24, 2.45) is 0 Å². The second-order valence-corrected chi connectivity index (χ2v) is 8.86. The molecule has 4 rings (SSSR count). The van der Waals surface area contributed by atoms with E-state index in [1.54, 1.807) is 18.2 Å². The Balaban J connectivity index is 1.70. The van der Waals surface area contributed by atoms with Gasteiger partial charge in [-0.2, -0.15) is 9.37 Å². The molecule has 0 spiro atoms. The van der Waals surface area contributed by atoms with Crippen molar-refractivity contribution in [3.05, 3.63) is 41.6 Å². The quantitative estimate of drug-likeness (QED) is 0.181. The van der Waals surface area contributed by atoms with E-state index in [-0.39, 0.29) is 45.6 Å². The molecule has 0 bridgehead atoms. The molecule has 1 atom stereocenters. The van der Waals surface area contributed by atoms with E-state index in [9.17, 15) is 14.3 Å². The van der Waals surface area contributed by atoms with E-state index >= 15 is 0 Å². The Labute approximate surface area is 213 Å². The molecule has 1 unspecified atom stereocenters. The Morgan fingerprint density at radius 2 is 2.00 bits per heavy atom. The molecule has 11 heteroatoms. The van der Waals surface area contributed by atoms with Crippen molar-refractivity contribution in [1.29, 1.82) is 0 Å². The summed E-state index contributed by atoms with van der Waals surface area (Å²) in [6.45, 7) is 3.78. The Bertz CT molecular complexity index is 1240. The first-order valence-corrected chi connectivity index (χ1v) is 12.0. The van der Waals surface area contributed by atoms with Crippen LogP contribution in [0, 0.1) is 6.08 Å². The Hall–Kier alpha value is -3.37. The van der Waals surface area contributed by atoms with Crippen LogP contribution in [0.4, 0.5) is 15.8 Å². The molecule has 1 aromatic heterocycles. The van der Waals surface area contributed by atoms with Crippen LogP contribution < -0.4 is 14.8 Å². The lowest BCUT2D eigenvalue weighted by Crippen LogP contribution is -2.40. The van der Waals surface area contributed by atoms with Crippen molar-refractivity contribution in [2.75, 3.05) is 38.7 Å². The molecule has 1 aliphatic rings. The molecular formula is C25H28ClFN4O5. The summed E-state index contributed by atoms with van der Waals surface area (Å²) in [5.74, 6) is 0.0412. The van der Waals surface area contributed by atoms with Gasteiger partial charge in [-0.05, 0) is 38.1 Å². The fourth-order valence-electron chi connectivity index (χ4n) is 4.30. The minimum atomic E-state index is -1.000. The van der Waals surface area contributed by atoms with Gasteiger partial charge in [0, 0.05) is 19.5 Å². The SMILES string of the molecule is COc1c(OCC(CN2CCCCC2)OC(C)=O)cc2nc(F)nc(Cl)c2c1Nc1ccccc1O. The number of phenolic OH excluding ortho intramolecular Hbond substituents is 1.